The second kappa shape index (κ2) is 8.40. The monoisotopic (exact) mass is 428 g/mol. The predicted molar refractivity (Wildman–Crippen MR) is 112 cm³/mol. The number of rotatable bonds is 5. The first-order chi connectivity index (χ1) is 14.0. The number of carbonyl (C=O) groups is 1. The topological polar surface area (TPSA) is 92.3 Å². The molecule has 1 fully saturated rings. The molecule has 0 bridgehead atoms. The minimum absolute atomic E-state index is 0.141. The smallest absolute Gasteiger partial charge is 0.257 e. The van der Waals surface area contributed by atoms with E-state index in [-0.39, 0.29) is 10.5 Å². The highest BCUT2D eigenvalue weighted by Crippen LogP contribution is 2.25. The number of pyridine rings is 1. The number of piperidine rings is 1. The summed E-state index contributed by atoms with van der Waals surface area (Å²) in [5.74, 6) is -0.396. The Balaban J connectivity index is 1.51. The summed E-state index contributed by atoms with van der Waals surface area (Å²) in [6, 6.07) is 9.86. The lowest BCUT2D eigenvalue weighted by atomic mass is 10.2. The van der Waals surface area contributed by atoms with Gasteiger partial charge in [0.2, 0.25) is 10.0 Å². The summed E-state index contributed by atoms with van der Waals surface area (Å²) < 4.78 is 27.2. The predicted octanol–water partition coefficient (Wildman–Crippen LogP) is 3.63. The molecular formula is C20H20N4O3S2. The number of carbonyl (C=O) groups excluding carboxylic acids is 1. The molecule has 7 nitrogen and oxygen atoms in total. The van der Waals surface area contributed by atoms with Crippen LogP contribution < -0.4 is 5.32 Å². The van der Waals surface area contributed by atoms with E-state index in [1.807, 2.05) is 17.5 Å². The van der Waals surface area contributed by atoms with Gasteiger partial charge >= 0.3 is 0 Å². The number of aromatic nitrogens is 2. The van der Waals surface area contributed by atoms with Gasteiger partial charge in [-0.2, -0.15) is 4.31 Å². The summed E-state index contributed by atoms with van der Waals surface area (Å²) in [5.41, 5.74) is 1.86. The van der Waals surface area contributed by atoms with Crippen molar-refractivity contribution in [2.45, 2.75) is 24.2 Å². The van der Waals surface area contributed by atoms with E-state index in [0.717, 1.165) is 30.5 Å². The summed E-state index contributed by atoms with van der Waals surface area (Å²) >= 11 is 1.30. The van der Waals surface area contributed by atoms with E-state index < -0.39 is 15.9 Å². The van der Waals surface area contributed by atoms with Crippen LogP contribution >= 0.6 is 11.3 Å². The maximum Gasteiger partial charge on any atom is 0.257 e. The highest BCUT2D eigenvalue weighted by molar-refractivity contribution is 7.89. The van der Waals surface area contributed by atoms with Gasteiger partial charge in [0, 0.05) is 42.0 Å². The van der Waals surface area contributed by atoms with Crippen LogP contribution in [0.2, 0.25) is 0 Å². The van der Waals surface area contributed by atoms with Gasteiger partial charge in [0.1, 0.15) is 0 Å². The van der Waals surface area contributed by atoms with E-state index in [1.165, 1.54) is 27.8 Å². The van der Waals surface area contributed by atoms with Crippen molar-refractivity contribution in [1.29, 1.82) is 0 Å². The van der Waals surface area contributed by atoms with Gasteiger partial charge in [-0.15, -0.1) is 11.3 Å². The Morgan fingerprint density at radius 1 is 1.10 bits per heavy atom. The number of nitrogens with zero attached hydrogens (tertiary/aromatic N) is 3. The second-order valence-corrected chi connectivity index (χ2v) is 9.52. The molecule has 0 atom stereocenters. The van der Waals surface area contributed by atoms with Gasteiger partial charge < -0.3 is 0 Å². The number of anilines is 1. The van der Waals surface area contributed by atoms with Crippen LogP contribution in [0.4, 0.5) is 5.13 Å². The number of amides is 1. The SMILES string of the molecule is O=C(Nc1nc(-c2cccnc2)cs1)c1cccc(S(=O)(=O)N2CCCCC2)c1. The van der Waals surface area contributed by atoms with Gasteiger partial charge in [0.15, 0.2) is 5.13 Å². The zero-order chi connectivity index (χ0) is 20.3. The fraction of sp³-hybridized carbons (Fsp3) is 0.250. The number of hydrogen-bond donors (Lipinski definition) is 1. The average Bonchev–Trinajstić information content (AvgIpc) is 3.23. The van der Waals surface area contributed by atoms with Gasteiger partial charge in [-0.25, -0.2) is 13.4 Å². The minimum atomic E-state index is -3.59. The van der Waals surface area contributed by atoms with Crippen LogP contribution in [0.1, 0.15) is 29.6 Å². The Labute approximate surface area is 173 Å². The molecule has 1 aliphatic heterocycles. The van der Waals surface area contributed by atoms with Crippen LogP contribution in [0.3, 0.4) is 0 Å². The third kappa shape index (κ3) is 4.36. The van der Waals surface area contributed by atoms with E-state index in [4.69, 9.17) is 0 Å². The average molecular weight is 429 g/mol. The molecule has 1 amide bonds. The van der Waals surface area contributed by atoms with E-state index >= 15 is 0 Å². The van der Waals surface area contributed by atoms with E-state index in [1.54, 1.807) is 24.5 Å². The Morgan fingerprint density at radius 2 is 1.93 bits per heavy atom. The van der Waals surface area contributed by atoms with Crippen molar-refractivity contribution in [1.82, 2.24) is 14.3 Å². The molecule has 4 rings (SSSR count). The second-order valence-electron chi connectivity index (χ2n) is 6.73. The Kier molecular flexibility index (Phi) is 5.70. The van der Waals surface area contributed by atoms with Gasteiger partial charge in [-0.1, -0.05) is 12.5 Å². The number of thiazole rings is 1. The van der Waals surface area contributed by atoms with Crippen molar-refractivity contribution >= 4 is 32.4 Å². The molecule has 0 unspecified atom stereocenters. The molecule has 29 heavy (non-hydrogen) atoms. The third-order valence-electron chi connectivity index (χ3n) is 4.73. The lowest BCUT2D eigenvalue weighted by Gasteiger charge is -2.26. The molecule has 0 radical (unpaired) electrons. The van der Waals surface area contributed by atoms with Crippen molar-refractivity contribution in [2.24, 2.45) is 0 Å². The lowest BCUT2D eigenvalue weighted by Crippen LogP contribution is -2.35. The Bertz CT molecular complexity index is 1110. The highest BCUT2D eigenvalue weighted by Gasteiger charge is 2.26. The lowest BCUT2D eigenvalue weighted by molar-refractivity contribution is 0.102. The molecule has 2 aromatic heterocycles. The van der Waals surface area contributed by atoms with Crippen molar-refractivity contribution in [3.8, 4) is 11.3 Å². The molecule has 150 valence electrons. The van der Waals surface area contributed by atoms with Gasteiger partial charge in [-0.3, -0.25) is 15.1 Å². The maximum absolute atomic E-state index is 12.9. The van der Waals surface area contributed by atoms with Crippen LogP contribution in [-0.2, 0) is 10.0 Å². The molecule has 1 saturated heterocycles. The molecular weight excluding hydrogens is 408 g/mol. The largest absolute Gasteiger partial charge is 0.298 e. The Hall–Kier alpha value is -2.62. The van der Waals surface area contributed by atoms with Gasteiger partial charge in [-0.05, 0) is 43.2 Å². The summed E-state index contributed by atoms with van der Waals surface area (Å²) in [5, 5.41) is 5.03. The molecule has 3 heterocycles. The summed E-state index contributed by atoms with van der Waals surface area (Å²) in [6.07, 6.45) is 6.16. The van der Waals surface area contributed by atoms with Crippen LogP contribution in [0.25, 0.3) is 11.3 Å². The number of sulfonamides is 1. The van der Waals surface area contributed by atoms with Crippen molar-refractivity contribution < 1.29 is 13.2 Å². The normalized spacial score (nSPS) is 15.2. The maximum atomic E-state index is 12.9. The molecule has 1 aromatic carbocycles. The first kappa shape index (κ1) is 19.7. The molecule has 9 heteroatoms. The fourth-order valence-electron chi connectivity index (χ4n) is 3.20. The standard InChI is InChI=1S/C20H20N4O3S2/c25-19(23-20-22-18(14-28-20)16-7-5-9-21-13-16)15-6-4-8-17(12-15)29(26,27)24-10-2-1-3-11-24/h4-9,12-14H,1-3,10-11H2,(H,22,23,25). The van der Waals surface area contributed by atoms with Crippen molar-refractivity contribution in [2.75, 3.05) is 18.4 Å². The van der Waals surface area contributed by atoms with Crippen LogP contribution in [0, 0.1) is 0 Å². The van der Waals surface area contributed by atoms with Crippen LogP contribution in [0.5, 0.6) is 0 Å². The zero-order valence-electron chi connectivity index (χ0n) is 15.6. The number of nitrogens with one attached hydrogen (secondary N) is 1. The molecule has 1 N–H and O–H groups in total. The quantitative estimate of drug-likeness (QED) is 0.670. The van der Waals surface area contributed by atoms with E-state index in [0.29, 0.717) is 18.2 Å². The Morgan fingerprint density at radius 3 is 2.69 bits per heavy atom. The highest BCUT2D eigenvalue weighted by atomic mass is 32.2. The van der Waals surface area contributed by atoms with Crippen LogP contribution in [-0.4, -0.2) is 41.7 Å². The van der Waals surface area contributed by atoms with Crippen molar-refractivity contribution in [3.05, 3.63) is 59.7 Å². The van der Waals surface area contributed by atoms with E-state index in [9.17, 15) is 13.2 Å². The fourth-order valence-corrected chi connectivity index (χ4v) is 5.48. The summed E-state index contributed by atoms with van der Waals surface area (Å²) in [4.78, 5) is 21.3. The van der Waals surface area contributed by atoms with E-state index in [2.05, 4.69) is 15.3 Å². The molecule has 1 aliphatic rings. The first-order valence-electron chi connectivity index (χ1n) is 9.31. The third-order valence-corrected chi connectivity index (χ3v) is 7.38. The van der Waals surface area contributed by atoms with Gasteiger partial charge in [0.25, 0.3) is 5.91 Å². The number of benzene rings is 1. The molecule has 0 aliphatic carbocycles. The van der Waals surface area contributed by atoms with Crippen LogP contribution in [0.15, 0.2) is 59.1 Å². The van der Waals surface area contributed by atoms with Crippen molar-refractivity contribution in [3.63, 3.8) is 0 Å². The summed E-state index contributed by atoms with van der Waals surface area (Å²) in [6.45, 7) is 1.05. The molecule has 3 aromatic rings. The summed E-state index contributed by atoms with van der Waals surface area (Å²) in [7, 11) is -3.59. The minimum Gasteiger partial charge on any atom is -0.298 e. The number of hydrogen-bond acceptors (Lipinski definition) is 6. The first-order valence-corrected chi connectivity index (χ1v) is 11.6. The molecule has 0 saturated carbocycles. The van der Waals surface area contributed by atoms with Gasteiger partial charge in [0.05, 0.1) is 10.6 Å². The zero-order valence-corrected chi connectivity index (χ0v) is 17.2. The molecule has 0 spiro atoms.